The van der Waals surface area contributed by atoms with Gasteiger partial charge in [-0.15, -0.1) is 0 Å². The van der Waals surface area contributed by atoms with Crippen molar-refractivity contribution in [2.75, 3.05) is 4.90 Å². The van der Waals surface area contributed by atoms with Crippen molar-refractivity contribution in [1.82, 2.24) is 0 Å². The summed E-state index contributed by atoms with van der Waals surface area (Å²) in [6.45, 7) is 0. The molecule has 318 valence electrons. The van der Waals surface area contributed by atoms with Crippen LogP contribution in [0.15, 0.2) is 265 Å². The van der Waals surface area contributed by atoms with Gasteiger partial charge in [-0.3, -0.25) is 0 Å². The van der Waals surface area contributed by atoms with Crippen molar-refractivity contribution in [3.8, 4) is 55.6 Å². The molecular weight excluding hydrogens is 823 g/mol. The molecule has 0 saturated heterocycles. The molecule has 1 aromatic heterocycles. The molecule has 0 fully saturated rings. The molecule has 0 aliphatic carbocycles. The molecule has 0 N–H and O–H groups in total. The zero-order valence-corrected chi connectivity index (χ0v) is 37.2. The Bertz CT molecular complexity index is 4000. The third kappa shape index (κ3) is 6.65. The fourth-order valence-corrected chi connectivity index (χ4v) is 10.5. The summed E-state index contributed by atoms with van der Waals surface area (Å²) >= 11 is 0. The molecule has 0 bridgehead atoms. The number of benzene rings is 12. The lowest BCUT2D eigenvalue weighted by Crippen LogP contribution is -2.10. The normalized spacial score (nSPS) is 11.5. The topological polar surface area (TPSA) is 16.4 Å². The fourth-order valence-electron chi connectivity index (χ4n) is 10.5. The highest BCUT2D eigenvalue weighted by Gasteiger charge is 2.21. The Morgan fingerprint density at radius 2 is 0.794 bits per heavy atom. The van der Waals surface area contributed by atoms with Gasteiger partial charge in [-0.25, -0.2) is 0 Å². The van der Waals surface area contributed by atoms with Crippen LogP contribution in [0.25, 0.3) is 110 Å². The van der Waals surface area contributed by atoms with E-state index >= 15 is 0 Å². The van der Waals surface area contributed by atoms with Crippen LogP contribution in [0, 0.1) is 0 Å². The maximum atomic E-state index is 6.57. The van der Waals surface area contributed by atoms with E-state index in [-0.39, 0.29) is 0 Å². The van der Waals surface area contributed by atoms with Crippen LogP contribution in [0.1, 0.15) is 0 Å². The number of furan rings is 1. The van der Waals surface area contributed by atoms with Gasteiger partial charge in [0.2, 0.25) is 0 Å². The van der Waals surface area contributed by atoms with Crippen LogP contribution in [0.2, 0.25) is 0 Å². The van der Waals surface area contributed by atoms with Gasteiger partial charge in [-0.2, -0.15) is 0 Å². The van der Waals surface area contributed by atoms with Gasteiger partial charge in [-0.05, 0) is 119 Å². The van der Waals surface area contributed by atoms with E-state index in [1.54, 1.807) is 0 Å². The van der Waals surface area contributed by atoms with E-state index in [2.05, 4.69) is 260 Å². The molecule has 0 spiro atoms. The number of nitrogens with zero attached hydrogens (tertiary/aromatic N) is 1. The lowest BCUT2D eigenvalue weighted by atomic mass is 9.84. The predicted octanol–water partition coefficient (Wildman–Crippen LogP) is 18.9. The molecule has 2 heteroatoms. The Morgan fingerprint density at radius 1 is 0.250 bits per heavy atom. The Labute approximate surface area is 395 Å². The third-order valence-corrected chi connectivity index (χ3v) is 13.7. The van der Waals surface area contributed by atoms with E-state index in [0.717, 1.165) is 55.7 Å². The minimum atomic E-state index is 0.894. The number of hydrogen-bond donors (Lipinski definition) is 0. The number of fused-ring (bicyclic) bond motifs is 7. The summed E-state index contributed by atoms with van der Waals surface area (Å²) in [6, 6.07) is 94.4. The molecule has 1 heterocycles. The van der Waals surface area contributed by atoms with E-state index in [1.807, 2.05) is 6.07 Å². The van der Waals surface area contributed by atoms with Gasteiger partial charge in [0.25, 0.3) is 0 Å². The van der Waals surface area contributed by atoms with Gasteiger partial charge < -0.3 is 9.32 Å². The highest BCUT2D eigenvalue weighted by atomic mass is 16.3. The maximum absolute atomic E-state index is 6.57. The molecular formula is C66H43NO. The van der Waals surface area contributed by atoms with Crippen molar-refractivity contribution in [3.63, 3.8) is 0 Å². The van der Waals surface area contributed by atoms with Gasteiger partial charge in [0.05, 0.1) is 5.69 Å². The summed E-state index contributed by atoms with van der Waals surface area (Å²) in [5.74, 6) is 0. The molecule has 13 rings (SSSR count). The van der Waals surface area contributed by atoms with Crippen molar-refractivity contribution in [2.45, 2.75) is 0 Å². The van der Waals surface area contributed by atoms with Crippen LogP contribution in [-0.2, 0) is 0 Å². The standard InChI is InChI=1S/C66H43NO/c1-4-18-45(19-5-1)52-40-41-62(57-28-12-10-26-54(52)57)67(51-25-16-24-49(42-51)53-31-17-32-60-58-29-14-15-33-63(58)68-66(53)60)50-37-34-44(35-38-50)48-36-39-56-55-27-11-13-30-59(55)64(46-20-6-2-7-21-46)65(61(56)43-48)47-22-8-3-9-23-47/h1-43H. The summed E-state index contributed by atoms with van der Waals surface area (Å²) in [5.41, 5.74) is 16.8. The molecule has 2 nitrogen and oxygen atoms in total. The first-order valence-electron chi connectivity index (χ1n) is 23.3. The monoisotopic (exact) mass is 865 g/mol. The number of para-hydroxylation sites is 2. The van der Waals surface area contributed by atoms with Crippen LogP contribution in [0.5, 0.6) is 0 Å². The predicted molar refractivity (Wildman–Crippen MR) is 288 cm³/mol. The number of hydrogen-bond acceptors (Lipinski definition) is 2. The highest BCUT2D eigenvalue weighted by molar-refractivity contribution is 6.22. The van der Waals surface area contributed by atoms with Crippen LogP contribution in [0.3, 0.4) is 0 Å². The summed E-state index contributed by atoms with van der Waals surface area (Å²) in [5, 5.41) is 9.61. The smallest absolute Gasteiger partial charge is 0.143 e. The third-order valence-electron chi connectivity index (χ3n) is 13.7. The van der Waals surface area contributed by atoms with Gasteiger partial charge in [0, 0.05) is 33.1 Å². The van der Waals surface area contributed by atoms with Gasteiger partial charge >= 0.3 is 0 Å². The van der Waals surface area contributed by atoms with Crippen molar-refractivity contribution in [2.24, 2.45) is 0 Å². The van der Waals surface area contributed by atoms with Crippen molar-refractivity contribution in [1.29, 1.82) is 0 Å². The average Bonchev–Trinajstić information content (AvgIpc) is 3.81. The first-order valence-corrected chi connectivity index (χ1v) is 23.3. The molecule has 0 unspecified atom stereocenters. The summed E-state index contributed by atoms with van der Waals surface area (Å²) in [4.78, 5) is 2.41. The van der Waals surface area contributed by atoms with Gasteiger partial charge in [-0.1, -0.05) is 218 Å². The summed E-state index contributed by atoms with van der Waals surface area (Å²) < 4.78 is 6.57. The van der Waals surface area contributed by atoms with Crippen molar-refractivity contribution in [3.05, 3.63) is 261 Å². The number of rotatable bonds is 8. The second-order valence-electron chi connectivity index (χ2n) is 17.5. The van der Waals surface area contributed by atoms with E-state index in [0.29, 0.717) is 0 Å². The Hall–Kier alpha value is -8.98. The van der Waals surface area contributed by atoms with Crippen LogP contribution in [0.4, 0.5) is 17.1 Å². The molecule has 68 heavy (non-hydrogen) atoms. The molecule has 0 saturated carbocycles. The Kier molecular flexibility index (Phi) is 9.54. The van der Waals surface area contributed by atoms with E-state index < -0.39 is 0 Å². The van der Waals surface area contributed by atoms with E-state index in [1.165, 1.54) is 71.3 Å². The van der Waals surface area contributed by atoms with Crippen LogP contribution >= 0.6 is 0 Å². The minimum absolute atomic E-state index is 0.894. The second kappa shape index (κ2) is 16.5. The molecule has 12 aromatic carbocycles. The quantitative estimate of drug-likeness (QED) is 0.142. The molecule has 0 aliphatic rings. The van der Waals surface area contributed by atoms with E-state index in [4.69, 9.17) is 4.42 Å². The Morgan fingerprint density at radius 3 is 1.53 bits per heavy atom. The van der Waals surface area contributed by atoms with Gasteiger partial charge in [0.15, 0.2) is 0 Å². The van der Waals surface area contributed by atoms with Crippen LogP contribution in [-0.4, -0.2) is 0 Å². The first kappa shape index (κ1) is 39.4. The molecule has 13 aromatic rings. The van der Waals surface area contributed by atoms with Crippen molar-refractivity contribution < 1.29 is 4.42 Å². The number of anilines is 3. The summed E-state index contributed by atoms with van der Waals surface area (Å²) in [7, 11) is 0. The molecule has 0 atom stereocenters. The molecule has 0 aliphatic heterocycles. The first-order chi connectivity index (χ1) is 33.7. The van der Waals surface area contributed by atoms with Gasteiger partial charge in [0.1, 0.15) is 11.2 Å². The lowest BCUT2D eigenvalue weighted by Gasteiger charge is -2.28. The fraction of sp³-hybridized carbons (Fsp3) is 0. The SMILES string of the molecule is c1ccc(-c2ccc(N(c3ccc(-c4ccc5c(c4)c(-c4ccccc4)c(-c4ccccc4)c4ccccc45)cc3)c3cccc(-c4cccc5c4oc4ccccc45)c3)c3ccccc23)cc1. The molecule has 0 radical (unpaired) electrons. The molecule has 0 amide bonds. The van der Waals surface area contributed by atoms with Crippen LogP contribution < -0.4 is 4.90 Å². The zero-order valence-electron chi connectivity index (χ0n) is 37.2. The average molecular weight is 866 g/mol. The largest absolute Gasteiger partial charge is 0.455 e. The minimum Gasteiger partial charge on any atom is -0.455 e. The summed E-state index contributed by atoms with van der Waals surface area (Å²) in [6.07, 6.45) is 0. The van der Waals surface area contributed by atoms with Crippen molar-refractivity contribution >= 4 is 71.3 Å². The lowest BCUT2D eigenvalue weighted by molar-refractivity contribution is 0.670. The zero-order chi connectivity index (χ0) is 45.0. The van der Waals surface area contributed by atoms with E-state index in [9.17, 15) is 0 Å². The Balaban J connectivity index is 0.987. The highest BCUT2D eigenvalue weighted by Crippen LogP contribution is 2.47. The second-order valence-corrected chi connectivity index (χ2v) is 17.5. The maximum Gasteiger partial charge on any atom is 0.143 e.